The van der Waals surface area contributed by atoms with Crippen molar-refractivity contribution in [2.75, 3.05) is 19.6 Å². The van der Waals surface area contributed by atoms with Crippen molar-refractivity contribution in [1.29, 1.82) is 0 Å². The fourth-order valence-corrected chi connectivity index (χ4v) is 2.09. The van der Waals surface area contributed by atoms with E-state index in [9.17, 15) is 9.18 Å². The van der Waals surface area contributed by atoms with Gasteiger partial charge in [-0.15, -0.1) is 0 Å². The van der Waals surface area contributed by atoms with Gasteiger partial charge in [0.2, 0.25) is 0 Å². The summed E-state index contributed by atoms with van der Waals surface area (Å²) in [5.74, 6) is -0.281. The van der Waals surface area contributed by atoms with E-state index < -0.39 is 0 Å². The van der Waals surface area contributed by atoms with E-state index >= 15 is 0 Å². The fraction of sp³-hybridized carbons (Fsp3) is 0.462. The van der Waals surface area contributed by atoms with Crippen molar-refractivity contribution in [3.63, 3.8) is 0 Å². The van der Waals surface area contributed by atoms with Crippen molar-refractivity contribution in [2.45, 2.75) is 19.9 Å². The summed E-state index contributed by atoms with van der Waals surface area (Å²) >= 11 is 0. The molecule has 1 saturated heterocycles. The zero-order chi connectivity index (χ0) is 12.4. The molecule has 1 aliphatic rings. The second-order valence-corrected chi connectivity index (χ2v) is 4.52. The van der Waals surface area contributed by atoms with Gasteiger partial charge in [0.1, 0.15) is 5.82 Å². The van der Waals surface area contributed by atoms with Crippen LogP contribution < -0.4 is 5.32 Å². The number of hydrogen-bond acceptors (Lipinski definition) is 2. The molecule has 1 fully saturated rings. The minimum Gasteiger partial charge on any atom is -0.333 e. The summed E-state index contributed by atoms with van der Waals surface area (Å²) < 4.78 is 13.1. The average molecular weight is 236 g/mol. The van der Waals surface area contributed by atoms with Gasteiger partial charge in [-0.25, -0.2) is 4.39 Å². The highest BCUT2D eigenvalue weighted by molar-refractivity contribution is 5.94. The fourth-order valence-electron chi connectivity index (χ4n) is 2.09. The lowest BCUT2D eigenvalue weighted by molar-refractivity contribution is 0.0655. The third-order valence-electron chi connectivity index (χ3n) is 3.17. The first-order chi connectivity index (χ1) is 8.09. The maximum absolute atomic E-state index is 13.1. The van der Waals surface area contributed by atoms with Gasteiger partial charge in [-0.05, 0) is 37.6 Å². The lowest BCUT2D eigenvalue weighted by atomic mass is 10.1. The maximum atomic E-state index is 13.1. The molecule has 1 atom stereocenters. The minimum absolute atomic E-state index is 0.0119. The third-order valence-corrected chi connectivity index (χ3v) is 3.17. The van der Waals surface area contributed by atoms with Gasteiger partial charge in [0, 0.05) is 31.2 Å². The van der Waals surface area contributed by atoms with Crippen LogP contribution in [0.25, 0.3) is 0 Å². The van der Waals surface area contributed by atoms with Crippen LogP contribution in [0.3, 0.4) is 0 Å². The van der Waals surface area contributed by atoms with Gasteiger partial charge in [-0.1, -0.05) is 0 Å². The Hall–Kier alpha value is -1.42. The van der Waals surface area contributed by atoms with Crippen LogP contribution in [0.1, 0.15) is 22.8 Å². The largest absolute Gasteiger partial charge is 0.333 e. The Kier molecular flexibility index (Phi) is 3.43. The Morgan fingerprint density at radius 2 is 2.29 bits per heavy atom. The molecule has 1 aromatic rings. The highest BCUT2D eigenvalue weighted by Crippen LogP contribution is 2.14. The van der Waals surface area contributed by atoms with Crippen LogP contribution >= 0.6 is 0 Å². The van der Waals surface area contributed by atoms with E-state index in [0.717, 1.165) is 13.1 Å². The summed E-state index contributed by atoms with van der Waals surface area (Å²) in [7, 11) is 0. The van der Waals surface area contributed by atoms with Crippen molar-refractivity contribution in [1.82, 2.24) is 10.2 Å². The molecule has 0 unspecified atom stereocenters. The van der Waals surface area contributed by atoms with Gasteiger partial charge in [0.15, 0.2) is 0 Å². The number of halogens is 1. The van der Waals surface area contributed by atoms with Crippen LogP contribution in [0.15, 0.2) is 18.2 Å². The number of hydrogen-bond donors (Lipinski definition) is 1. The Labute approximate surface area is 101 Å². The van der Waals surface area contributed by atoms with Gasteiger partial charge < -0.3 is 10.2 Å². The van der Waals surface area contributed by atoms with Gasteiger partial charge in [0.05, 0.1) is 0 Å². The molecular formula is C13H17FN2O. The van der Waals surface area contributed by atoms with Crippen molar-refractivity contribution >= 4 is 5.91 Å². The molecule has 0 aromatic heterocycles. The zero-order valence-electron chi connectivity index (χ0n) is 10.2. The van der Waals surface area contributed by atoms with Crippen LogP contribution in [-0.4, -0.2) is 36.5 Å². The summed E-state index contributed by atoms with van der Waals surface area (Å²) in [5.41, 5.74) is 1.08. The Balaban J connectivity index is 2.21. The third kappa shape index (κ3) is 2.47. The van der Waals surface area contributed by atoms with Crippen LogP contribution in [0.4, 0.5) is 4.39 Å². The van der Waals surface area contributed by atoms with Crippen LogP contribution in [0, 0.1) is 12.7 Å². The van der Waals surface area contributed by atoms with E-state index in [1.165, 1.54) is 6.07 Å². The highest BCUT2D eigenvalue weighted by atomic mass is 19.1. The van der Waals surface area contributed by atoms with E-state index in [0.29, 0.717) is 17.7 Å². The predicted molar refractivity (Wildman–Crippen MR) is 64.5 cm³/mol. The number of rotatable bonds is 1. The number of nitrogens with zero attached hydrogens (tertiary/aromatic N) is 1. The van der Waals surface area contributed by atoms with Crippen LogP contribution in [0.5, 0.6) is 0 Å². The molecule has 0 saturated carbocycles. The normalized spacial score (nSPS) is 20.4. The molecular weight excluding hydrogens is 219 g/mol. The van der Waals surface area contributed by atoms with Crippen LogP contribution in [0.2, 0.25) is 0 Å². The van der Waals surface area contributed by atoms with E-state index in [2.05, 4.69) is 5.32 Å². The molecule has 0 aliphatic carbocycles. The first kappa shape index (κ1) is 12.0. The molecule has 1 aromatic carbocycles. The molecule has 1 heterocycles. The Morgan fingerprint density at radius 1 is 1.53 bits per heavy atom. The molecule has 17 heavy (non-hydrogen) atoms. The van der Waals surface area contributed by atoms with Crippen molar-refractivity contribution in [3.05, 3.63) is 35.1 Å². The van der Waals surface area contributed by atoms with Crippen LogP contribution in [-0.2, 0) is 0 Å². The quantitative estimate of drug-likeness (QED) is 0.802. The summed E-state index contributed by atoms with van der Waals surface area (Å²) in [6.45, 7) is 6.02. The number of carbonyl (C=O) groups excluding carboxylic acids is 1. The summed E-state index contributed by atoms with van der Waals surface area (Å²) in [5, 5.41) is 3.24. The molecule has 3 nitrogen and oxygen atoms in total. The second-order valence-electron chi connectivity index (χ2n) is 4.52. The average Bonchev–Trinajstić information content (AvgIpc) is 2.32. The van der Waals surface area contributed by atoms with E-state index in [1.54, 1.807) is 19.1 Å². The van der Waals surface area contributed by atoms with E-state index in [1.807, 2.05) is 11.8 Å². The van der Waals surface area contributed by atoms with Crippen molar-refractivity contribution < 1.29 is 9.18 Å². The van der Waals surface area contributed by atoms with Crippen molar-refractivity contribution in [2.24, 2.45) is 0 Å². The number of aryl methyl sites for hydroxylation is 1. The predicted octanol–water partition coefficient (Wildman–Crippen LogP) is 1.57. The maximum Gasteiger partial charge on any atom is 0.254 e. The minimum atomic E-state index is -0.269. The van der Waals surface area contributed by atoms with Gasteiger partial charge >= 0.3 is 0 Å². The molecule has 4 heteroatoms. The molecule has 1 N–H and O–H groups in total. The summed E-state index contributed by atoms with van der Waals surface area (Å²) in [6.07, 6.45) is 0. The number of piperazine rings is 1. The number of benzene rings is 1. The smallest absolute Gasteiger partial charge is 0.254 e. The monoisotopic (exact) mass is 236 g/mol. The van der Waals surface area contributed by atoms with E-state index in [4.69, 9.17) is 0 Å². The molecule has 0 radical (unpaired) electrons. The van der Waals surface area contributed by atoms with Gasteiger partial charge in [0.25, 0.3) is 5.91 Å². The number of nitrogens with one attached hydrogen (secondary N) is 1. The molecule has 1 aliphatic heterocycles. The van der Waals surface area contributed by atoms with Crippen molar-refractivity contribution in [3.8, 4) is 0 Å². The summed E-state index contributed by atoms with van der Waals surface area (Å²) in [6, 6.07) is 4.71. The number of carbonyl (C=O) groups is 1. The second kappa shape index (κ2) is 4.84. The Morgan fingerprint density at radius 3 is 2.94 bits per heavy atom. The Bertz CT molecular complexity index is 433. The molecule has 92 valence electrons. The summed E-state index contributed by atoms with van der Waals surface area (Å²) in [4.78, 5) is 14.1. The standard InChI is InChI=1S/C13H17FN2O/c1-9-7-11(3-4-12(9)14)13(17)16-6-5-15-8-10(16)2/h3-4,7,10,15H,5-6,8H2,1-2H3/t10-/m0/s1. The zero-order valence-corrected chi connectivity index (χ0v) is 10.2. The lowest BCUT2D eigenvalue weighted by Gasteiger charge is -2.34. The first-order valence-electron chi connectivity index (χ1n) is 5.87. The molecule has 0 bridgehead atoms. The SMILES string of the molecule is Cc1cc(C(=O)N2CCNC[C@@H]2C)ccc1F. The van der Waals surface area contributed by atoms with E-state index in [-0.39, 0.29) is 17.8 Å². The first-order valence-corrected chi connectivity index (χ1v) is 5.87. The molecule has 1 amide bonds. The lowest BCUT2D eigenvalue weighted by Crippen LogP contribution is -2.52. The van der Waals surface area contributed by atoms with Gasteiger partial charge in [-0.2, -0.15) is 0 Å². The number of amides is 1. The van der Waals surface area contributed by atoms with Gasteiger partial charge in [-0.3, -0.25) is 4.79 Å². The highest BCUT2D eigenvalue weighted by Gasteiger charge is 2.24. The topological polar surface area (TPSA) is 32.3 Å². The molecule has 2 rings (SSSR count). The molecule has 0 spiro atoms.